The molecule has 0 saturated carbocycles. The zero-order valence-corrected chi connectivity index (χ0v) is 9.45. The zero-order valence-electron chi connectivity index (χ0n) is 9.45. The molecule has 88 valence electrons. The van der Waals surface area contributed by atoms with E-state index in [4.69, 9.17) is 15.2 Å². The fraction of sp³-hybridized carbons (Fsp3) is 0.364. The second kappa shape index (κ2) is 5.85. The molecule has 0 heterocycles. The zero-order chi connectivity index (χ0) is 12.0. The Balaban J connectivity index is 2.71. The van der Waals surface area contributed by atoms with Crippen molar-refractivity contribution in [2.75, 3.05) is 20.8 Å². The highest BCUT2D eigenvalue weighted by molar-refractivity contribution is 5.71. The van der Waals surface area contributed by atoms with Crippen LogP contribution < -0.4 is 20.5 Å². The molecule has 0 aliphatic heterocycles. The summed E-state index contributed by atoms with van der Waals surface area (Å²) in [6, 6.07) is 5.01. The van der Waals surface area contributed by atoms with Crippen molar-refractivity contribution < 1.29 is 14.3 Å². The predicted octanol–water partition coefficient (Wildman–Crippen LogP) is 0.915. The molecule has 0 aromatic heterocycles. The topological polar surface area (TPSA) is 73.6 Å². The summed E-state index contributed by atoms with van der Waals surface area (Å²) in [7, 11) is 3.21. The van der Waals surface area contributed by atoms with E-state index in [-0.39, 0.29) is 0 Å². The Hall–Kier alpha value is -1.91. The van der Waals surface area contributed by atoms with Crippen molar-refractivity contribution in [3.05, 3.63) is 23.8 Å². The standard InChI is InChI=1S/C11H16N2O3/c1-15-9-3-4-10(16-2)8(7-9)5-6-13-11(12)14/h3-4,7H,5-6H2,1-2H3,(H3,12,13,14). The average molecular weight is 224 g/mol. The first-order valence-electron chi connectivity index (χ1n) is 4.91. The molecule has 0 aliphatic carbocycles. The minimum Gasteiger partial charge on any atom is -0.497 e. The summed E-state index contributed by atoms with van der Waals surface area (Å²) in [6.07, 6.45) is 0.642. The first-order chi connectivity index (χ1) is 7.67. The Morgan fingerprint density at radius 1 is 1.38 bits per heavy atom. The maximum Gasteiger partial charge on any atom is 0.312 e. The van der Waals surface area contributed by atoms with Gasteiger partial charge in [-0.25, -0.2) is 4.79 Å². The van der Waals surface area contributed by atoms with Crippen LogP contribution in [0.5, 0.6) is 11.5 Å². The van der Waals surface area contributed by atoms with Crippen molar-refractivity contribution in [3.8, 4) is 11.5 Å². The third-order valence-electron chi connectivity index (χ3n) is 2.18. The lowest BCUT2D eigenvalue weighted by Crippen LogP contribution is -2.31. The van der Waals surface area contributed by atoms with Crippen LogP contribution in [0.1, 0.15) is 5.56 Å². The van der Waals surface area contributed by atoms with Gasteiger partial charge in [-0.2, -0.15) is 0 Å². The van der Waals surface area contributed by atoms with Crippen LogP contribution in [0.4, 0.5) is 4.79 Å². The lowest BCUT2D eigenvalue weighted by atomic mass is 10.1. The van der Waals surface area contributed by atoms with E-state index in [2.05, 4.69) is 5.32 Å². The number of hydrogen-bond acceptors (Lipinski definition) is 3. The van der Waals surface area contributed by atoms with Gasteiger partial charge >= 0.3 is 6.03 Å². The summed E-state index contributed by atoms with van der Waals surface area (Å²) >= 11 is 0. The van der Waals surface area contributed by atoms with Crippen LogP contribution in [-0.4, -0.2) is 26.8 Å². The van der Waals surface area contributed by atoms with E-state index < -0.39 is 6.03 Å². The van der Waals surface area contributed by atoms with Gasteiger partial charge in [-0.05, 0) is 30.2 Å². The van der Waals surface area contributed by atoms with E-state index in [1.165, 1.54) is 0 Å². The van der Waals surface area contributed by atoms with Gasteiger partial charge in [-0.15, -0.1) is 0 Å². The largest absolute Gasteiger partial charge is 0.497 e. The molecular formula is C11H16N2O3. The lowest BCUT2D eigenvalue weighted by molar-refractivity contribution is 0.249. The fourth-order valence-electron chi connectivity index (χ4n) is 1.40. The van der Waals surface area contributed by atoms with Crippen molar-refractivity contribution in [2.24, 2.45) is 5.73 Å². The van der Waals surface area contributed by atoms with Crippen molar-refractivity contribution in [1.82, 2.24) is 5.32 Å². The van der Waals surface area contributed by atoms with Gasteiger partial charge in [-0.1, -0.05) is 0 Å². The Labute approximate surface area is 94.5 Å². The summed E-state index contributed by atoms with van der Waals surface area (Å²) < 4.78 is 10.3. The van der Waals surface area contributed by atoms with Crippen molar-refractivity contribution in [1.29, 1.82) is 0 Å². The number of methoxy groups -OCH3 is 2. The minimum atomic E-state index is -0.526. The van der Waals surface area contributed by atoms with Gasteiger partial charge in [0.1, 0.15) is 11.5 Å². The summed E-state index contributed by atoms with van der Waals surface area (Å²) in [5.74, 6) is 1.53. The van der Waals surface area contributed by atoms with Crippen LogP contribution in [0.15, 0.2) is 18.2 Å². The Bertz CT molecular complexity index is 366. The molecule has 0 atom stereocenters. The number of rotatable bonds is 5. The normalized spacial score (nSPS) is 9.62. The predicted molar refractivity (Wildman–Crippen MR) is 60.8 cm³/mol. The van der Waals surface area contributed by atoms with Crippen LogP contribution in [0, 0.1) is 0 Å². The number of hydrogen-bond donors (Lipinski definition) is 2. The van der Waals surface area contributed by atoms with Crippen LogP contribution >= 0.6 is 0 Å². The van der Waals surface area contributed by atoms with Crippen LogP contribution in [-0.2, 0) is 6.42 Å². The second-order valence-electron chi connectivity index (χ2n) is 3.22. The third-order valence-corrected chi connectivity index (χ3v) is 2.18. The molecule has 0 radical (unpaired) electrons. The summed E-state index contributed by atoms with van der Waals surface area (Å²) in [5.41, 5.74) is 5.95. The third kappa shape index (κ3) is 3.34. The number of carbonyl (C=O) groups excluding carboxylic acids is 1. The number of benzene rings is 1. The molecule has 3 N–H and O–H groups in total. The SMILES string of the molecule is COc1ccc(OC)c(CCNC(N)=O)c1. The Kier molecular flexibility index (Phi) is 4.44. The second-order valence-corrected chi connectivity index (χ2v) is 3.22. The van der Waals surface area contributed by atoms with Gasteiger partial charge in [0.05, 0.1) is 14.2 Å². The quantitative estimate of drug-likeness (QED) is 0.780. The highest BCUT2D eigenvalue weighted by atomic mass is 16.5. The molecule has 5 heteroatoms. The van der Waals surface area contributed by atoms with Crippen molar-refractivity contribution in [3.63, 3.8) is 0 Å². The van der Waals surface area contributed by atoms with E-state index in [1.807, 2.05) is 18.2 Å². The first kappa shape index (κ1) is 12.2. The molecule has 0 saturated heterocycles. The van der Waals surface area contributed by atoms with E-state index in [0.29, 0.717) is 13.0 Å². The maximum absolute atomic E-state index is 10.5. The van der Waals surface area contributed by atoms with Gasteiger partial charge in [0.25, 0.3) is 0 Å². The molecule has 0 bridgehead atoms. The van der Waals surface area contributed by atoms with E-state index in [1.54, 1.807) is 14.2 Å². The van der Waals surface area contributed by atoms with Gasteiger partial charge in [0.2, 0.25) is 0 Å². The Morgan fingerprint density at radius 3 is 2.69 bits per heavy atom. The molecular weight excluding hydrogens is 208 g/mol. The smallest absolute Gasteiger partial charge is 0.312 e. The summed E-state index contributed by atoms with van der Waals surface area (Å²) in [4.78, 5) is 10.5. The molecule has 1 aromatic rings. The van der Waals surface area contributed by atoms with Gasteiger partial charge in [0, 0.05) is 6.54 Å². The van der Waals surface area contributed by atoms with E-state index in [9.17, 15) is 4.79 Å². The van der Waals surface area contributed by atoms with Crippen LogP contribution in [0.3, 0.4) is 0 Å². The molecule has 2 amide bonds. The number of primary amides is 1. The molecule has 0 aliphatic rings. The first-order valence-corrected chi connectivity index (χ1v) is 4.91. The maximum atomic E-state index is 10.5. The van der Waals surface area contributed by atoms with Crippen LogP contribution in [0.2, 0.25) is 0 Å². The molecule has 16 heavy (non-hydrogen) atoms. The molecule has 1 rings (SSSR count). The van der Waals surface area contributed by atoms with Crippen molar-refractivity contribution in [2.45, 2.75) is 6.42 Å². The molecule has 0 unspecified atom stereocenters. The number of amides is 2. The van der Waals surface area contributed by atoms with Gasteiger partial charge < -0.3 is 20.5 Å². The highest BCUT2D eigenvalue weighted by Gasteiger charge is 2.05. The highest BCUT2D eigenvalue weighted by Crippen LogP contribution is 2.23. The number of urea groups is 1. The number of nitrogens with one attached hydrogen (secondary N) is 1. The summed E-state index contributed by atoms with van der Waals surface area (Å²) in [5, 5.41) is 2.53. The Morgan fingerprint density at radius 2 is 2.12 bits per heavy atom. The number of carbonyl (C=O) groups is 1. The number of nitrogens with two attached hydrogens (primary N) is 1. The average Bonchev–Trinajstić information content (AvgIpc) is 2.28. The molecule has 1 aromatic carbocycles. The molecule has 0 fully saturated rings. The van der Waals surface area contributed by atoms with Crippen LogP contribution in [0.25, 0.3) is 0 Å². The van der Waals surface area contributed by atoms with Gasteiger partial charge in [0.15, 0.2) is 0 Å². The summed E-state index contributed by atoms with van der Waals surface area (Å²) in [6.45, 7) is 0.471. The van der Waals surface area contributed by atoms with Crippen molar-refractivity contribution >= 4 is 6.03 Å². The van der Waals surface area contributed by atoms with E-state index >= 15 is 0 Å². The lowest BCUT2D eigenvalue weighted by Gasteiger charge is -2.10. The minimum absolute atomic E-state index is 0.471. The van der Waals surface area contributed by atoms with E-state index in [0.717, 1.165) is 17.1 Å². The van der Waals surface area contributed by atoms with Gasteiger partial charge in [-0.3, -0.25) is 0 Å². The monoisotopic (exact) mass is 224 g/mol. The fourth-order valence-corrected chi connectivity index (χ4v) is 1.40. The molecule has 0 spiro atoms. The molecule has 5 nitrogen and oxygen atoms in total. The number of ether oxygens (including phenoxy) is 2.